The van der Waals surface area contributed by atoms with Gasteiger partial charge in [0.2, 0.25) is 17.7 Å². The molecule has 2 heterocycles. The van der Waals surface area contributed by atoms with Crippen molar-refractivity contribution in [2.75, 3.05) is 32.0 Å². The molecule has 6 N–H and O–H groups in total. The second-order valence-electron chi connectivity index (χ2n) is 12.3. The number of aliphatic hydroxyl groups excluding tert-OH is 4. The fraction of sp³-hybridized carbons (Fsp3) is 0.828. The first-order chi connectivity index (χ1) is 20.1. The number of β-amino-alcohol motifs (C(OH)–C–C–N with tert-alkyl or cyclic N) is 1. The van der Waals surface area contributed by atoms with Crippen LogP contribution in [-0.4, -0.2) is 127 Å². The van der Waals surface area contributed by atoms with Crippen LogP contribution < -0.4 is 10.6 Å². The van der Waals surface area contributed by atoms with Gasteiger partial charge in [-0.2, -0.15) is 0 Å². The highest BCUT2D eigenvalue weighted by Gasteiger charge is 2.41. The average Bonchev–Trinajstić information content (AvgIpc) is 3.22. The monoisotopic (exact) mass is 630 g/mol. The van der Waals surface area contributed by atoms with Gasteiger partial charge in [0.05, 0.1) is 35.9 Å². The van der Waals surface area contributed by atoms with Crippen molar-refractivity contribution in [2.24, 2.45) is 23.7 Å². The summed E-state index contributed by atoms with van der Waals surface area (Å²) in [7, 11) is 0. The number of hydrogen-bond donors (Lipinski definition) is 6. The number of Topliss-reactive ketones (excluding diaryl/α,β-unsaturated/α-hetero) is 2. The Morgan fingerprint density at radius 3 is 2.26 bits per heavy atom. The van der Waals surface area contributed by atoms with E-state index in [1.54, 1.807) is 27.7 Å². The van der Waals surface area contributed by atoms with Crippen molar-refractivity contribution in [3.63, 3.8) is 0 Å². The molecule has 2 fully saturated rings. The Kier molecular flexibility index (Phi) is 14.7. The lowest BCUT2D eigenvalue weighted by atomic mass is 9.87. The Bertz CT molecular complexity index is 997. The lowest BCUT2D eigenvalue weighted by Crippen LogP contribution is -2.59. The molecule has 0 saturated carbocycles. The van der Waals surface area contributed by atoms with Crippen molar-refractivity contribution in [3.8, 4) is 0 Å². The number of likely N-dealkylation sites (tertiary alicyclic amines) is 2. The molecular formula is C29H50N4O9S. The molecule has 0 radical (unpaired) electrons. The average molecular weight is 631 g/mol. The SMILES string of the molecule is CC(C)C(=O)C(NC(=O)C(C)C(C)C)NC(O)C(=O)CSC1CC(=O)N(CCCCN2C[C@@H](O)[C@@H](C)[C@H](O)[C@H]2CO)C1=O. The predicted octanol–water partition coefficient (Wildman–Crippen LogP) is -0.902. The van der Waals surface area contributed by atoms with E-state index >= 15 is 0 Å². The number of ketones is 2. The minimum atomic E-state index is -1.77. The normalized spacial score (nSPS) is 27.1. The summed E-state index contributed by atoms with van der Waals surface area (Å²) in [5.74, 6) is -3.75. The summed E-state index contributed by atoms with van der Waals surface area (Å²) in [4.78, 5) is 66.3. The standard InChI is InChI=1S/C29H50N4O9S/c1-15(2)17(5)27(40)30-26(24(38)16(3)4)31-28(41)21(36)14-43-22-11-23(37)33(29(22)42)10-8-7-9-32-12-20(35)18(6)25(39)19(32)13-34/h15-20,22,25-26,28,31,34-35,39,41H,7-14H2,1-6H3,(H,30,40)/t17?,18-,19-,20-,22?,25+,26?,28?/m1/s1. The molecule has 246 valence electrons. The summed E-state index contributed by atoms with van der Waals surface area (Å²) in [5.41, 5.74) is 0. The third-order valence-corrected chi connectivity index (χ3v) is 9.73. The first-order valence-corrected chi connectivity index (χ1v) is 16.1. The van der Waals surface area contributed by atoms with E-state index in [2.05, 4.69) is 10.6 Å². The van der Waals surface area contributed by atoms with Crippen LogP contribution in [-0.2, 0) is 24.0 Å². The van der Waals surface area contributed by atoms with Crippen LogP contribution in [0.25, 0.3) is 0 Å². The van der Waals surface area contributed by atoms with E-state index in [4.69, 9.17) is 0 Å². The molecular weight excluding hydrogens is 580 g/mol. The molecule has 2 aliphatic heterocycles. The lowest BCUT2D eigenvalue weighted by Gasteiger charge is -2.44. The van der Waals surface area contributed by atoms with Crippen LogP contribution in [0.3, 0.4) is 0 Å². The van der Waals surface area contributed by atoms with Crippen LogP contribution in [0.2, 0.25) is 0 Å². The Labute approximate surface area is 258 Å². The molecule has 0 spiro atoms. The summed E-state index contributed by atoms with van der Waals surface area (Å²) in [6.45, 7) is 11.2. The highest BCUT2D eigenvalue weighted by Crippen LogP contribution is 2.27. The summed E-state index contributed by atoms with van der Waals surface area (Å²) in [5, 5.41) is 45.0. The highest BCUT2D eigenvalue weighted by molar-refractivity contribution is 8.01. The molecule has 13 nitrogen and oxygen atoms in total. The van der Waals surface area contributed by atoms with Gasteiger partial charge < -0.3 is 25.7 Å². The lowest BCUT2D eigenvalue weighted by molar-refractivity contribution is -0.138. The minimum Gasteiger partial charge on any atom is -0.395 e. The van der Waals surface area contributed by atoms with Crippen molar-refractivity contribution in [1.29, 1.82) is 0 Å². The molecule has 0 aromatic carbocycles. The van der Waals surface area contributed by atoms with Crippen LogP contribution in [0, 0.1) is 23.7 Å². The van der Waals surface area contributed by atoms with Gasteiger partial charge in [-0.05, 0) is 25.3 Å². The second-order valence-corrected chi connectivity index (χ2v) is 13.5. The number of nitrogens with zero attached hydrogens (tertiary/aromatic N) is 2. The maximum Gasteiger partial charge on any atom is 0.242 e. The van der Waals surface area contributed by atoms with Crippen molar-refractivity contribution >= 4 is 41.0 Å². The fourth-order valence-electron chi connectivity index (χ4n) is 5.04. The zero-order chi connectivity index (χ0) is 32.6. The summed E-state index contributed by atoms with van der Waals surface area (Å²) in [6.07, 6.45) is -3.64. The zero-order valence-corrected chi connectivity index (χ0v) is 26.9. The van der Waals surface area contributed by atoms with Gasteiger partial charge in [0.15, 0.2) is 17.8 Å². The molecule has 0 aliphatic carbocycles. The van der Waals surface area contributed by atoms with E-state index in [1.807, 2.05) is 18.7 Å². The van der Waals surface area contributed by atoms with E-state index in [-0.39, 0.29) is 49.0 Å². The molecule has 0 bridgehead atoms. The number of carbonyl (C=O) groups is 5. The van der Waals surface area contributed by atoms with E-state index in [0.29, 0.717) is 25.9 Å². The number of carbonyl (C=O) groups excluding carboxylic acids is 5. The zero-order valence-electron chi connectivity index (χ0n) is 26.1. The molecule has 4 unspecified atom stereocenters. The van der Waals surface area contributed by atoms with Gasteiger partial charge in [-0.3, -0.25) is 39.1 Å². The van der Waals surface area contributed by atoms with Crippen LogP contribution in [0.15, 0.2) is 0 Å². The fourth-order valence-corrected chi connectivity index (χ4v) is 6.09. The number of thioether (sulfide) groups is 1. The van der Waals surface area contributed by atoms with Crippen LogP contribution in [0.4, 0.5) is 0 Å². The van der Waals surface area contributed by atoms with E-state index < -0.39 is 65.2 Å². The number of piperidine rings is 1. The maximum absolute atomic E-state index is 12.9. The van der Waals surface area contributed by atoms with E-state index in [0.717, 1.165) is 16.7 Å². The molecule has 8 atom stereocenters. The number of aliphatic hydroxyl groups is 4. The van der Waals surface area contributed by atoms with Crippen LogP contribution >= 0.6 is 11.8 Å². The third kappa shape index (κ3) is 10.0. The first-order valence-electron chi connectivity index (χ1n) is 15.1. The van der Waals surface area contributed by atoms with Gasteiger partial charge in [-0.1, -0.05) is 41.5 Å². The smallest absolute Gasteiger partial charge is 0.242 e. The quantitative estimate of drug-likeness (QED) is 0.0659. The first kappa shape index (κ1) is 37.2. The second kappa shape index (κ2) is 16.9. The van der Waals surface area contributed by atoms with Gasteiger partial charge >= 0.3 is 0 Å². The number of imide groups is 1. The molecule has 2 rings (SSSR count). The largest absolute Gasteiger partial charge is 0.395 e. The third-order valence-electron chi connectivity index (χ3n) is 8.51. The van der Waals surface area contributed by atoms with Gasteiger partial charge in [-0.25, -0.2) is 0 Å². The number of hydrogen-bond acceptors (Lipinski definition) is 12. The number of unbranched alkanes of at least 4 members (excludes halogenated alkanes) is 1. The Morgan fingerprint density at radius 2 is 1.67 bits per heavy atom. The number of nitrogens with one attached hydrogen (secondary N) is 2. The summed E-state index contributed by atoms with van der Waals surface area (Å²) >= 11 is 0.941. The van der Waals surface area contributed by atoms with Crippen molar-refractivity contribution in [3.05, 3.63) is 0 Å². The number of amides is 3. The van der Waals surface area contributed by atoms with Gasteiger partial charge in [0.1, 0.15) is 6.17 Å². The predicted molar refractivity (Wildman–Crippen MR) is 160 cm³/mol. The Balaban J connectivity index is 1.85. The molecule has 0 aromatic rings. The molecule has 43 heavy (non-hydrogen) atoms. The number of rotatable bonds is 17. The minimum absolute atomic E-state index is 0.0178. The van der Waals surface area contributed by atoms with Crippen molar-refractivity contribution < 1.29 is 44.4 Å². The van der Waals surface area contributed by atoms with Crippen molar-refractivity contribution in [2.45, 2.75) is 96.7 Å². The Morgan fingerprint density at radius 1 is 1.05 bits per heavy atom. The molecule has 3 amide bonds. The molecule has 2 aliphatic rings. The van der Waals surface area contributed by atoms with Crippen LogP contribution in [0.1, 0.15) is 60.8 Å². The van der Waals surface area contributed by atoms with Crippen LogP contribution in [0.5, 0.6) is 0 Å². The molecule has 14 heteroatoms. The summed E-state index contributed by atoms with van der Waals surface area (Å²) < 4.78 is 0. The molecule has 2 saturated heterocycles. The molecule has 0 aromatic heterocycles. The van der Waals surface area contributed by atoms with Gasteiger partial charge in [0, 0.05) is 37.3 Å². The van der Waals surface area contributed by atoms with Crippen molar-refractivity contribution in [1.82, 2.24) is 20.4 Å². The van der Waals surface area contributed by atoms with Gasteiger partial charge in [-0.15, -0.1) is 11.8 Å². The van der Waals surface area contributed by atoms with E-state index in [9.17, 15) is 44.4 Å². The van der Waals surface area contributed by atoms with E-state index in [1.165, 1.54) is 0 Å². The summed E-state index contributed by atoms with van der Waals surface area (Å²) in [6, 6.07) is -0.491. The topological polar surface area (TPSA) is 197 Å². The highest BCUT2D eigenvalue weighted by atomic mass is 32.2. The Hall–Kier alpha value is -1.94. The van der Waals surface area contributed by atoms with Gasteiger partial charge in [0.25, 0.3) is 0 Å². The maximum atomic E-state index is 12.9.